The minimum atomic E-state index is -2.88. The number of pyridine rings is 1. The van der Waals surface area contributed by atoms with Gasteiger partial charge in [0.15, 0.2) is 0 Å². The second-order valence-corrected chi connectivity index (χ2v) is 5.32. The maximum Gasteiger partial charge on any atom is 0.228 e. The predicted octanol–water partition coefficient (Wildman–Crippen LogP) is 3.25. The molecule has 3 aromatic rings. The predicted molar refractivity (Wildman–Crippen MR) is 92.5 cm³/mol. The number of carbonyl (C=O) groups is 1. The lowest BCUT2D eigenvalue weighted by Crippen LogP contribution is -2.24. The molecule has 0 atom stereocenters. The summed E-state index contributed by atoms with van der Waals surface area (Å²) in [6, 6.07) is 0.412. The molecule has 4 heteroatoms. The van der Waals surface area contributed by atoms with Crippen molar-refractivity contribution in [3.63, 3.8) is 0 Å². The van der Waals surface area contributed by atoms with Gasteiger partial charge in [-0.1, -0.05) is 35.8 Å². The number of imidazole rings is 1. The van der Waals surface area contributed by atoms with Gasteiger partial charge in [0.1, 0.15) is 5.65 Å². The van der Waals surface area contributed by atoms with Gasteiger partial charge in [-0.05, 0) is 25.4 Å². The average molecular weight is 316 g/mol. The van der Waals surface area contributed by atoms with Crippen LogP contribution in [0.4, 0.5) is 0 Å². The van der Waals surface area contributed by atoms with Crippen LogP contribution in [0.5, 0.6) is 0 Å². The number of benzene rings is 1. The zero-order valence-electron chi connectivity index (χ0n) is 22.0. The van der Waals surface area contributed by atoms with E-state index in [1.807, 2.05) is 0 Å². The largest absolute Gasteiger partial charge is 0.348 e. The lowest BCUT2D eigenvalue weighted by atomic mass is 10.1. The molecule has 0 N–H and O–H groups in total. The maximum atomic E-state index is 12.7. The quantitative estimate of drug-likeness (QED) is 0.744. The number of hydrogen-bond acceptors (Lipinski definition) is 2. The lowest BCUT2D eigenvalue weighted by molar-refractivity contribution is -0.128. The lowest BCUT2D eigenvalue weighted by Gasteiger charge is -2.11. The van der Waals surface area contributed by atoms with E-state index in [1.165, 1.54) is 18.5 Å². The van der Waals surface area contributed by atoms with Crippen LogP contribution in [0.15, 0.2) is 42.5 Å². The van der Waals surface area contributed by atoms with Crippen LogP contribution < -0.4 is 0 Å². The molecule has 0 saturated heterocycles. The van der Waals surface area contributed by atoms with Gasteiger partial charge in [0, 0.05) is 32.7 Å². The zero-order valence-corrected chi connectivity index (χ0v) is 13.0. The summed E-state index contributed by atoms with van der Waals surface area (Å²) in [5, 5.41) is 0. The number of amides is 1. The third kappa shape index (κ3) is 2.97. The van der Waals surface area contributed by atoms with Gasteiger partial charge in [0.2, 0.25) is 5.91 Å². The summed E-state index contributed by atoms with van der Waals surface area (Å²) >= 11 is 0. The molecule has 3 rings (SSSR count). The molecule has 23 heavy (non-hydrogen) atoms. The van der Waals surface area contributed by atoms with Crippen molar-refractivity contribution < 1.29 is 17.1 Å². The van der Waals surface area contributed by atoms with E-state index in [1.54, 1.807) is 25.3 Å². The molecular formula is C19H21N3O. The van der Waals surface area contributed by atoms with Gasteiger partial charge >= 0.3 is 0 Å². The van der Waals surface area contributed by atoms with Crippen molar-refractivity contribution in [1.82, 2.24) is 14.3 Å². The van der Waals surface area contributed by atoms with Gasteiger partial charge in [-0.3, -0.25) is 4.79 Å². The van der Waals surface area contributed by atoms with Gasteiger partial charge in [-0.15, -0.1) is 0 Å². The summed E-state index contributed by atoms with van der Waals surface area (Å²) in [6.07, 6.45) is -1.09. The van der Waals surface area contributed by atoms with Gasteiger partial charge in [0.05, 0.1) is 23.2 Å². The minimum absolute atomic E-state index is 0.229. The first-order chi connectivity index (χ1) is 14.6. The molecule has 1 aromatic carbocycles. The number of nitrogens with zero attached hydrogens (tertiary/aromatic N) is 3. The molecule has 0 fully saturated rings. The first-order valence-electron chi connectivity index (χ1n) is 11.4. The Morgan fingerprint density at radius 1 is 1.30 bits per heavy atom. The van der Waals surface area contributed by atoms with Crippen LogP contribution in [0.1, 0.15) is 29.2 Å². The van der Waals surface area contributed by atoms with E-state index in [0.717, 1.165) is 10.5 Å². The fraction of sp³-hybridized carbons (Fsp3) is 0.263. The Hall–Kier alpha value is -2.62. The van der Waals surface area contributed by atoms with Crippen molar-refractivity contribution in [2.45, 2.75) is 20.1 Å². The van der Waals surface area contributed by atoms with Crippen molar-refractivity contribution in [3.8, 4) is 11.3 Å². The minimum Gasteiger partial charge on any atom is -0.348 e. The zero-order chi connectivity index (χ0) is 24.3. The maximum absolute atomic E-state index is 12.7. The molecule has 0 aliphatic carbocycles. The normalized spacial score (nSPS) is 17.8. The van der Waals surface area contributed by atoms with Crippen LogP contribution in [0.2, 0.25) is 0 Å². The van der Waals surface area contributed by atoms with Crippen LogP contribution in [0, 0.1) is 13.8 Å². The molecule has 0 aliphatic heterocycles. The molecule has 4 nitrogen and oxygen atoms in total. The van der Waals surface area contributed by atoms with Crippen LogP contribution in [0.25, 0.3) is 16.9 Å². The van der Waals surface area contributed by atoms with Crippen molar-refractivity contribution in [2.24, 2.45) is 0 Å². The van der Waals surface area contributed by atoms with Gasteiger partial charge in [-0.25, -0.2) is 4.98 Å². The molecule has 0 saturated carbocycles. The summed E-state index contributed by atoms with van der Waals surface area (Å²) in [4.78, 5) is 18.1. The Morgan fingerprint density at radius 3 is 2.70 bits per heavy atom. The van der Waals surface area contributed by atoms with Crippen LogP contribution in [-0.4, -0.2) is 34.3 Å². The number of hydrogen-bond donors (Lipinski definition) is 0. The number of likely N-dealkylation sites (N-methyl/N-ethyl adjacent to an activating group) is 1. The molecule has 118 valence electrons. The molecule has 1 amide bonds. The summed E-state index contributed by atoms with van der Waals surface area (Å²) in [5.74, 6) is -0.906. The van der Waals surface area contributed by atoms with Gasteiger partial charge in [-0.2, -0.15) is 0 Å². The first-order valence-corrected chi connectivity index (χ1v) is 6.92. The highest BCUT2D eigenvalue weighted by Gasteiger charge is 2.18. The molecule has 0 radical (unpaired) electrons. The first kappa shape index (κ1) is 7.77. The van der Waals surface area contributed by atoms with Crippen molar-refractivity contribution in [1.29, 1.82) is 0 Å². The van der Waals surface area contributed by atoms with E-state index >= 15 is 0 Å². The molecule has 2 aromatic heterocycles. The SMILES string of the molecule is [2H]c1c([2H])c(C([2H])([2H])[2H])c([2H])c([2H])c1-c1nc2ccc(C)cn2c1C([2H])([2H])C(=O)N(C)C. The fourth-order valence-corrected chi connectivity index (χ4v) is 2.09. The second kappa shape index (κ2) is 5.88. The van der Waals surface area contributed by atoms with Crippen molar-refractivity contribution >= 4 is 11.6 Å². The van der Waals surface area contributed by atoms with E-state index in [9.17, 15) is 4.79 Å². The molecule has 0 unspecified atom stereocenters. The number of fused-ring (bicyclic) bond motifs is 1. The Bertz CT molecular complexity index is 1220. The van der Waals surface area contributed by atoms with E-state index in [-0.39, 0.29) is 22.6 Å². The van der Waals surface area contributed by atoms with E-state index in [0.29, 0.717) is 0 Å². The number of rotatable bonds is 3. The summed E-state index contributed by atoms with van der Waals surface area (Å²) in [6.45, 7) is -1.13. The Labute approximate surface area is 149 Å². The number of aryl methyl sites for hydroxylation is 1. The van der Waals surface area contributed by atoms with Crippen LogP contribution >= 0.6 is 0 Å². The third-order valence-electron chi connectivity index (χ3n) is 3.26. The van der Waals surface area contributed by atoms with Gasteiger partial charge in [0.25, 0.3) is 0 Å². The Balaban J connectivity index is 2.50. The van der Waals surface area contributed by atoms with E-state index in [4.69, 9.17) is 12.3 Å². The van der Waals surface area contributed by atoms with Gasteiger partial charge < -0.3 is 9.30 Å². The van der Waals surface area contributed by atoms with Crippen LogP contribution in [0.3, 0.4) is 0 Å². The Kier molecular flexibility index (Phi) is 1.99. The van der Waals surface area contributed by atoms with Crippen molar-refractivity contribution in [3.05, 3.63) is 59.3 Å². The third-order valence-corrected chi connectivity index (χ3v) is 3.26. The smallest absolute Gasteiger partial charge is 0.228 e. The topological polar surface area (TPSA) is 37.6 Å². The number of aromatic nitrogens is 2. The monoisotopic (exact) mass is 316 g/mol. The average Bonchev–Trinajstić information content (AvgIpc) is 3.03. The highest BCUT2D eigenvalue weighted by atomic mass is 16.2. The summed E-state index contributed by atoms with van der Waals surface area (Å²) < 4.78 is 74.3. The number of carbonyl (C=O) groups excluding carboxylic acids is 1. The van der Waals surface area contributed by atoms with Crippen molar-refractivity contribution in [2.75, 3.05) is 14.1 Å². The molecular weight excluding hydrogens is 286 g/mol. The molecule has 0 bridgehead atoms. The Morgan fingerprint density at radius 2 is 2.04 bits per heavy atom. The highest BCUT2D eigenvalue weighted by Crippen LogP contribution is 2.26. The summed E-state index contributed by atoms with van der Waals surface area (Å²) in [5.41, 5.74) is -0.673. The second-order valence-electron chi connectivity index (χ2n) is 5.32. The highest BCUT2D eigenvalue weighted by molar-refractivity contribution is 5.81. The fourth-order valence-electron chi connectivity index (χ4n) is 2.09. The van der Waals surface area contributed by atoms with E-state index in [2.05, 4.69) is 4.98 Å². The van der Waals surface area contributed by atoms with Crippen LogP contribution in [-0.2, 0) is 11.2 Å². The molecule has 0 spiro atoms. The molecule has 2 heterocycles. The summed E-state index contributed by atoms with van der Waals surface area (Å²) in [7, 11) is 2.77. The standard InChI is InChI=1S/C19H21N3O/c1-13-5-8-15(9-6-13)19-16(11-18(23)21(3)4)22-12-14(2)7-10-17(22)20-19/h5-10,12H,11H2,1-4H3/i1D3,5D,6D,8D,9D,11D2. The molecule has 0 aliphatic rings. The van der Waals surface area contributed by atoms with E-state index < -0.39 is 48.9 Å².